The van der Waals surface area contributed by atoms with Crippen molar-refractivity contribution in [2.45, 2.75) is 51.0 Å². The Morgan fingerprint density at radius 2 is 1.78 bits per heavy atom. The molecule has 8 nitrogen and oxygen atoms in total. The van der Waals surface area contributed by atoms with Gasteiger partial charge in [-0.15, -0.1) is 0 Å². The molecule has 1 unspecified atom stereocenters. The monoisotopic (exact) mass is 486 g/mol. The third-order valence-electron chi connectivity index (χ3n) is 8.60. The van der Waals surface area contributed by atoms with Crippen LogP contribution in [-0.4, -0.2) is 69.3 Å². The number of benzene rings is 1. The first-order chi connectivity index (χ1) is 17.4. The van der Waals surface area contributed by atoms with E-state index in [1.54, 1.807) is 0 Å². The van der Waals surface area contributed by atoms with Crippen molar-refractivity contribution >= 4 is 34.4 Å². The Kier molecular flexibility index (Phi) is 5.79. The summed E-state index contributed by atoms with van der Waals surface area (Å²) in [5.74, 6) is 0.938. The van der Waals surface area contributed by atoms with E-state index in [0.717, 1.165) is 74.3 Å². The fourth-order valence-electron chi connectivity index (χ4n) is 6.39. The van der Waals surface area contributed by atoms with Gasteiger partial charge >= 0.3 is 0 Å². The number of nitrogens with one attached hydrogen (secondary N) is 1. The van der Waals surface area contributed by atoms with E-state index in [9.17, 15) is 9.59 Å². The van der Waals surface area contributed by atoms with E-state index in [1.807, 2.05) is 35.4 Å². The highest BCUT2D eigenvalue weighted by atomic mass is 16.2. The average molecular weight is 487 g/mol. The maximum absolute atomic E-state index is 12.9. The number of hydrogen-bond acceptors (Lipinski definition) is 6. The molecule has 36 heavy (non-hydrogen) atoms. The van der Waals surface area contributed by atoms with E-state index >= 15 is 0 Å². The van der Waals surface area contributed by atoms with E-state index in [2.05, 4.69) is 39.8 Å². The van der Waals surface area contributed by atoms with Crippen LogP contribution in [0.3, 0.4) is 0 Å². The summed E-state index contributed by atoms with van der Waals surface area (Å²) in [6, 6.07) is 9.65. The van der Waals surface area contributed by atoms with Gasteiger partial charge in [0.2, 0.25) is 5.95 Å². The zero-order chi connectivity index (χ0) is 24.9. The normalized spacial score (nSPS) is 22.1. The minimum Gasteiger partial charge on any atom is -0.336 e. The SMILES string of the molecule is CC1C(=O)Cc2cc3cnc(Nc4ccc(C(=O)N5CCN(C)CC5)cc4)nc3n2C12CCCCC2. The molecule has 1 saturated heterocycles. The molecule has 3 aromatic rings. The highest BCUT2D eigenvalue weighted by Crippen LogP contribution is 2.47. The summed E-state index contributed by atoms with van der Waals surface area (Å²) in [6.07, 6.45) is 7.88. The van der Waals surface area contributed by atoms with Crippen molar-refractivity contribution < 1.29 is 9.59 Å². The predicted octanol–water partition coefficient (Wildman–Crippen LogP) is 3.98. The number of nitrogens with zero attached hydrogens (tertiary/aromatic N) is 5. The van der Waals surface area contributed by atoms with Crippen molar-refractivity contribution in [1.29, 1.82) is 0 Å². The number of piperazine rings is 1. The van der Waals surface area contributed by atoms with Crippen molar-refractivity contribution in [2.75, 3.05) is 38.5 Å². The van der Waals surface area contributed by atoms with Crippen molar-refractivity contribution in [3.8, 4) is 0 Å². The van der Waals surface area contributed by atoms with Crippen LogP contribution in [0.4, 0.5) is 11.6 Å². The molecule has 0 radical (unpaired) electrons. The molecule has 6 rings (SSSR count). The van der Waals surface area contributed by atoms with Gasteiger partial charge in [0.15, 0.2) is 0 Å². The van der Waals surface area contributed by atoms with Gasteiger partial charge in [-0.1, -0.05) is 26.2 Å². The fraction of sp³-hybridized carbons (Fsp3) is 0.500. The summed E-state index contributed by atoms with van der Waals surface area (Å²) < 4.78 is 2.37. The van der Waals surface area contributed by atoms with Gasteiger partial charge in [-0.3, -0.25) is 9.59 Å². The van der Waals surface area contributed by atoms with Crippen molar-refractivity contribution in [3.05, 3.63) is 47.8 Å². The molecule has 1 N–H and O–H groups in total. The Morgan fingerprint density at radius 1 is 1.06 bits per heavy atom. The van der Waals surface area contributed by atoms with E-state index < -0.39 is 0 Å². The first-order valence-corrected chi connectivity index (χ1v) is 13.2. The summed E-state index contributed by atoms with van der Waals surface area (Å²) in [6.45, 7) is 5.44. The quantitative estimate of drug-likeness (QED) is 0.603. The Labute approximate surface area is 211 Å². The molecule has 1 atom stereocenters. The summed E-state index contributed by atoms with van der Waals surface area (Å²) in [4.78, 5) is 39.4. The number of likely N-dealkylation sites (N-methyl/N-ethyl adjacent to an activating group) is 1. The standard InChI is InChI=1S/C28H34N6O2/c1-19-24(35)17-23-16-21-18-29-27(31-25(21)34(23)28(19)10-4-3-5-11-28)30-22-8-6-20(7-9-22)26(36)33-14-12-32(2)13-15-33/h6-9,16,18-19H,3-5,10-15,17H2,1-2H3,(H,29,30,31). The highest BCUT2D eigenvalue weighted by molar-refractivity contribution is 5.94. The third-order valence-corrected chi connectivity index (χ3v) is 8.60. The first kappa shape index (κ1) is 23.2. The molecule has 8 heteroatoms. The summed E-state index contributed by atoms with van der Waals surface area (Å²) >= 11 is 0. The lowest BCUT2D eigenvalue weighted by molar-refractivity contribution is -0.128. The highest BCUT2D eigenvalue weighted by Gasteiger charge is 2.47. The van der Waals surface area contributed by atoms with Crippen LogP contribution >= 0.6 is 0 Å². The molecule has 3 aliphatic rings. The number of rotatable bonds is 3. The van der Waals surface area contributed by atoms with Gasteiger partial charge in [0.1, 0.15) is 11.4 Å². The summed E-state index contributed by atoms with van der Waals surface area (Å²) in [5, 5.41) is 4.30. The van der Waals surface area contributed by atoms with Gasteiger partial charge in [-0.05, 0) is 50.2 Å². The zero-order valence-electron chi connectivity index (χ0n) is 21.2. The van der Waals surface area contributed by atoms with E-state index in [4.69, 9.17) is 4.98 Å². The maximum Gasteiger partial charge on any atom is 0.253 e. The van der Waals surface area contributed by atoms with Gasteiger partial charge in [-0.2, -0.15) is 4.98 Å². The lowest BCUT2D eigenvalue weighted by Crippen LogP contribution is -2.49. The van der Waals surface area contributed by atoms with Crippen LogP contribution in [0.2, 0.25) is 0 Å². The number of amides is 1. The van der Waals surface area contributed by atoms with Gasteiger partial charge < -0.3 is 19.7 Å². The van der Waals surface area contributed by atoms with Gasteiger partial charge in [-0.25, -0.2) is 4.98 Å². The Balaban J connectivity index is 1.26. The number of aromatic nitrogens is 3. The lowest BCUT2D eigenvalue weighted by atomic mass is 9.69. The minimum absolute atomic E-state index is 0.00217. The van der Waals surface area contributed by atoms with E-state index in [0.29, 0.717) is 23.7 Å². The van der Waals surface area contributed by atoms with E-state index in [1.165, 1.54) is 6.42 Å². The maximum atomic E-state index is 12.9. The molecule has 188 valence electrons. The Hall–Kier alpha value is -3.26. The largest absolute Gasteiger partial charge is 0.336 e. The topological polar surface area (TPSA) is 83.4 Å². The number of anilines is 2. The number of hydrogen-bond donors (Lipinski definition) is 1. The molecule has 1 spiro atoms. The molecule has 0 bridgehead atoms. The Morgan fingerprint density at radius 3 is 2.50 bits per heavy atom. The number of Topliss-reactive ketones (excluding diaryl/α,β-unsaturated/α-hetero) is 1. The first-order valence-electron chi connectivity index (χ1n) is 13.2. The molecule has 4 heterocycles. The zero-order valence-corrected chi connectivity index (χ0v) is 21.2. The molecule has 2 aromatic heterocycles. The molecule has 1 saturated carbocycles. The van der Waals surface area contributed by atoms with E-state index in [-0.39, 0.29) is 17.4 Å². The van der Waals surface area contributed by atoms with Gasteiger partial charge in [0.25, 0.3) is 5.91 Å². The van der Waals surface area contributed by atoms with Crippen molar-refractivity contribution in [2.24, 2.45) is 5.92 Å². The summed E-state index contributed by atoms with van der Waals surface area (Å²) in [5.41, 5.74) is 3.33. The molecular formula is C28H34N6O2. The van der Waals surface area contributed by atoms with Crippen LogP contribution in [0.1, 0.15) is 55.1 Å². The summed E-state index contributed by atoms with van der Waals surface area (Å²) in [7, 11) is 2.08. The van der Waals surface area contributed by atoms with Crippen LogP contribution < -0.4 is 5.32 Å². The Bertz CT molecular complexity index is 1300. The fourth-order valence-corrected chi connectivity index (χ4v) is 6.39. The number of carbonyl (C=O) groups excluding carboxylic acids is 2. The number of carbonyl (C=O) groups is 2. The molecular weight excluding hydrogens is 452 g/mol. The van der Waals surface area contributed by atoms with Crippen LogP contribution in [0.5, 0.6) is 0 Å². The third kappa shape index (κ3) is 3.88. The van der Waals surface area contributed by atoms with Crippen LogP contribution in [0.25, 0.3) is 11.0 Å². The van der Waals surface area contributed by atoms with Gasteiger partial charge in [0.05, 0.1) is 5.54 Å². The van der Waals surface area contributed by atoms with Crippen LogP contribution in [0, 0.1) is 5.92 Å². The minimum atomic E-state index is -0.179. The van der Waals surface area contributed by atoms with Crippen LogP contribution in [0.15, 0.2) is 36.5 Å². The molecule has 1 aliphatic carbocycles. The molecule has 2 aliphatic heterocycles. The van der Waals surface area contributed by atoms with Gasteiger partial charge in [0, 0.05) is 67.0 Å². The molecule has 2 fully saturated rings. The predicted molar refractivity (Wildman–Crippen MR) is 140 cm³/mol. The van der Waals surface area contributed by atoms with Crippen LogP contribution in [-0.2, 0) is 16.8 Å². The molecule has 1 amide bonds. The molecule has 1 aromatic carbocycles. The smallest absolute Gasteiger partial charge is 0.253 e. The number of ketones is 1. The second-order valence-electron chi connectivity index (χ2n) is 10.8. The average Bonchev–Trinajstić information content (AvgIpc) is 3.26. The number of fused-ring (bicyclic) bond motifs is 4. The second kappa shape index (κ2) is 9.00. The van der Waals surface area contributed by atoms with Crippen molar-refractivity contribution in [1.82, 2.24) is 24.3 Å². The van der Waals surface area contributed by atoms with Crippen molar-refractivity contribution in [3.63, 3.8) is 0 Å². The second-order valence-corrected chi connectivity index (χ2v) is 10.8. The lowest BCUT2D eigenvalue weighted by Gasteiger charge is -2.47.